The van der Waals surface area contributed by atoms with Crippen molar-refractivity contribution in [2.45, 2.75) is 6.92 Å². The molecule has 3 rings (SSSR count). The molecule has 1 fully saturated rings. The summed E-state index contributed by atoms with van der Waals surface area (Å²) in [6.45, 7) is 1.40. The van der Waals surface area contributed by atoms with Gasteiger partial charge >= 0.3 is 0 Å². The summed E-state index contributed by atoms with van der Waals surface area (Å²) in [6, 6.07) is 8.66. The molecule has 1 N–H and O–H groups in total. The molecule has 1 heterocycles. The molecule has 0 aromatic heterocycles. The maximum absolute atomic E-state index is 13.0. The lowest BCUT2D eigenvalue weighted by molar-refractivity contribution is -0.127. The summed E-state index contributed by atoms with van der Waals surface area (Å²) in [5.41, 5.74) is 1.88. The lowest BCUT2D eigenvalue weighted by Gasteiger charge is -2.13. The Hall–Kier alpha value is -3.33. The number of nitrogens with zero attached hydrogens (tertiary/aromatic N) is 1. The van der Waals surface area contributed by atoms with Gasteiger partial charge in [-0.1, -0.05) is 0 Å². The maximum Gasteiger partial charge on any atom is 0.294 e. The molecular weight excluding hydrogens is 411 g/mol. The summed E-state index contributed by atoms with van der Waals surface area (Å²) in [5, 5.41) is 1.98. The number of methoxy groups -OCH3 is 2. The van der Waals surface area contributed by atoms with Crippen LogP contribution in [-0.2, 0) is 9.59 Å². The Labute approximate surface area is 176 Å². The molecule has 0 aliphatic carbocycles. The lowest BCUT2D eigenvalue weighted by Crippen LogP contribution is -2.36. The van der Waals surface area contributed by atoms with Crippen LogP contribution in [0.2, 0.25) is 0 Å². The Morgan fingerprint density at radius 1 is 1.13 bits per heavy atom. The first-order valence-electron chi connectivity index (χ1n) is 8.85. The summed E-state index contributed by atoms with van der Waals surface area (Å²) in [5.74, 6) is -0.514. The van der Waals surface area contributed by atoms with Crippen LogP contribution >= 0.6 is 11.8 Å². The van der Waals surface area contributed by atoms with E-state index in [2.05, 4.69) is 5.32 Å². The van der Waals surface area contributed by atoms with Gasteiger partial charge in [0.2, 0.25) is 5.91 Å². The Balaban J connectivity index is 1.76. The number of imide groups is 1. The van der Waals surface area contributed by atoms with Crippen molar-refractivity contribution in [2.24, 2.45) is 0 Å². The SMILES string of the molecule is COc1cc(C)c(/C=C2\SC(=O)N(CC(=O)Nc3ccc(F)cc3)C2=O)cc1OC. The predicted octanol–water partition coefficient (Wildman–Crippen LogP) is 3.83. The van der Waals surface area contributed by atoms with Crippen molar-refractivity contribution in [3.05, 3.63) is 58.2 Å². The van der Waals surface area contributed by atoms with Crippen LogP contribution < -0.4 is 14.8 Å². The van der Waals surface area contributed by atoms with Crippen molar-refractivity contribution in [1.29, 1.82) is 0 Å². The summed E-state index contributed by atoms with van der Waals surface area (Å²) >= 11 is 0.756. The summed E-state index contributed by atoms with van der Waals surface area (Å²) in [6.07, 6.45) is 1.58. The number of thioether (sulfide) groups is 1. The Morgan fingerprint density at radius 3 is 2.40 bits per heavy atom. The zero-order chi connectivity index (χ0) is 21.8. The molecule has 1 aliphatic heterocycles. The molecule has 3 amide bonds. The smallest absolute Gasteiger partial charge is 0.294 e. The number of amides is 3. The number of carbonyl (C=O) groups is 3. The molecule has 2 aromatic carbocycles. The van der Waals surface area contributed by atoms with Crippen molar-refractivity contribution < 1.29 is 28.2 Å². The lowest BCUT2D eigenvalue weighted by atomic mass is 10.1. The highest BCUT2D eigenvalue weighted by Gasteiger charge is 2.36. The van der Waals surface area contributed by atoms with E-state index in [4.69, 9.17) is 9.47 Å². The second-order valence-electron chi connectivity index (χ2n) is 6.39. The minimum absolute atomic E-state index is 0.199. The Morgan fingerprint density at radius 2 is 1.77 bits per heavy atom. The summed E-state index contributed by atoms with van der Waals surface area (Å²) in [4.78, 5) is 38.2. The third-order valence-electron chi connectivity index (χ3n) is 4.36. The zero-order valence-electron chi connectivity index (χ0n) is 16.5. The highest BCUT2D eigenvalue weighted by atomic mass is 32.2. The molecular formula is C21H19FN2O5S. The fraction of sp³-hybridized carbons (Fsp3) is 0.190. The molecule has 0 unspecified atom stereocenters. The molecule has 9 heteroatoms. The van der Waals surface area contributed by atoms with Crippen LogP contribution in [-0.4, -0.2) is 42.7 Å². The van der Waals surface area contributed by atoms with Gasteiger partial charge in [0, 0.05) is 5.69 Å². The van der Waals surface area contributed by atoms with Gasteiger partial charge in [0.25, 0.3) is 11.1 Å². The third-order valence-corrected chi connectivity index (χ3v) is 5.27. The number of rotatable bonds is 6. The van der Waals surface area contributed by atoms with Crippen molar-refractivity contribution in [2.75, 3.05) is 26.1 Å². The second-order valence-corrected chi connectivity index (χ2v) is 7.38. The van der Waals surface area contributed by atoms with Crippen LogP contribution in [0.25, 0.3) is 6.08 Å². The first-order chi connectivity index (χ1) is 14.3. The van der Waals surface area contributed by atoms with Gasteiger partial charge < -0.3 is 14.8 Å². The standard InChI is InChI=1S/C21H19FN2O5S/c1-12-8-16(28-2)17(29-3)9-13(12)10-18-20(26)24(21(27)30-18)11-19(25)23-15-6-4-14(22)5-7-15/h4-10H,11H2,1-3H3,(H,23,25)/b18-10-. The largest absolute Gasteiger partial charge is 0.493 e. The number of hydrogen-bond donors (Lipinski definition) is 1. The first kappa shape index (κ1) is 21.4. The number of ether oxygens (including phenoxy) is 2. The first-order valence-corrected chi connectivity index (χ1v) is 9.67. The van der Waals surface area contributed by atoms with E-state index in [0.29, 0.717) is 22.7 Å². The number of anilines is 1. The molecule has 0 bridgehead atoms. The average molecular weight is 430 g/mol. The number of hydrogen-bond acceptors (Lipinski definition) is 6. The summed E-state index contributed by atoms with van der Waals surface area (Å²) < 4.78 is 23.5. The quantitative estimate of drug-likeness (QED) is 0.702. The predicted molar refractivity (Wildman–Crippen MR) is 112 cm³/mol. The molecule has 0 atom stereocenters. The molecule has 30 heavy (non-hydrogen) atoms. The summed E-state index contributed by atoms with van der Waals surface area (Å²) in [7, 11) is 3.03. The van der Waals surface area contributed by atoms with E-state index >= 15 is 0 Å². The van der Waals surface area contributed by atoms with E-state index in [1.54, 1.807) is 18.2 Å². The zero-order valence-corrected chi connectivity index (χ0v) is 17.3. The van der Waals surface area contributed by atoms with Gasteiger partial charge in [-0.05, 0) is 72.3 Å². The third kappa shape index (κ3) is 4.62. The minimum atomic E-state index is -0.563. The van der Waals surface area contributed by atoms with E-state index in [1.165, 1.54) is 38.5 Å². The molecule has 0 saturated carbocycles. The van der Waals surface area contributed by atoms with Crippen molar-refractivity contribution >= 4 is 40.6 Å². The van der Waals surface area contributed by atoms with Gasteiger partial charge in [0.15, 0.2) is 11.5 Å². The number of nitrogens with one attached hydrogen (secondary N) is 1. The second kappa shape index (κ2) is 9.00. The molecule has 0 radical (unpaired) electrons. The minimum Gasteiger partial charge on any atom is -0.493 e. The molecule has 156 valence electrons. The van der Waals surface area contributed by atoms with E-state index in [1.807, 2.05) is 6.92 Å². The number of aryl methyl sites for hydroxylation is 1. The van der Waals surface area contributed by atoms with Crippen molar-refractivity contribution in [3.63, 3.8) is 0 Å². The number of halogens is 1. The average Bonchev–Trinajstić information content (AvgIpc) is 2.98. The van der Waals surface area contributed by atoms with Crippen LogP contribution in [0.5, 0.6) is 11.5 Å². The van der Waals surface area contributed by atoms with E-state index in [0.717, 1.165) is 22.2 Å². The highest BCUT2D eigenvalue weighted by molar-refractivity contribution is 8.18. The monoisotopic (exact) mass is 430 g/mol. The fourth-order valence-corrected chi connectivity index (χ4v) is 3.64. The molecule has 1 aliphatic rings. The van der Waals surface area contributed by atoms with Crippen LogP contribution in [0.4, 0.5) is 14.9 Å². The van der Waals surface area contributed by atoms with E-state index < -0.39 is 29.4 Å². The maximum atomic E-state index is 13.0. The molecule has 7 nitrogen and oxygen atoms in total. The Kier molecular flexibility index (Phi) is 6.41. The molecule has 0 spiro atoms. The van der Waals surface area contributed by atoms with Crippen LogP contribution in [0.3, 0.4) is 0 Å². The number of carbonyl (C=O) groups excluding carboxylic acids is 3. The molecule has 1 saturated heterocycles. The van der Waals surface area contributed by atoms with Crippen LogP contribution in [0, 0.1) is 12.7 Å². The van der Waals surface area contributed by atoms with Crippen molar-refractivity contribution in [1.82, 2.24) is 4.90 Å². The highest BCUT2D eigenvalue weighted by Crippen LogP contribution is 2.35. The Bertz CT molecular complexity index is 1040. The van der Waals surface area contributed by atoms with Gasteiger partial charge in [0.1, 0.15) is 12.4 Å². The number of benzene rings is 2. The fourth-order valence-electron chi connectivity index (χ4n) is 2.81. The van der Waals surface area contributed by atoms with Crippen LogP contribution in [0.1, 0.15) is 11.1 Å². The normalized spacial score (nSPS) is 14.9. The van der Waals surface area contributed by atoms with Crippen LogP contribution in [0.15, 0.2) is 41.3 Å². The van der Waals surface area contributed by atoms with E-state index in [-0.39, 0.29) is 4.91 Å². The van der Waals surface area contributed by atoms with Gasteiger partial charge in [-0.25, -0.2) is 4.39 Å². The van der Waals surface area contributed by atoms with Gasteiger partial charge in [-0.15, -0.1) is 0 Å². The van der Waals surface area contributed by atoms with Crippen molar-refractivity contribution in [3.8, 4) is 11.5 Å². The van der Waals surface area contributed by atoms with Gasteiger partial charge in [-0.2, -0.15) is 0 Å². The molecule has 2 aromatic rings. The van der Waals surface area contributed by atoms with Gasteiger partial charge in [0.05, 0.1) is 19.1 Å². The van der Waals surface area contributed by atoms with Gasteiger partial charge in [-0.3, -0.25) is 19.3 Å². The topological polar surface area (TPSA) is 84.9 Å². The van der Waals surface area contributed by atoms with E-state index in [9.17, 15) is 18.8 Å².